The third-order valence-electron chi connectivity index (χ3n) is 3.19. The first kappa shape index (κ1) is 13.1. The summed E-state index contributed by atoms with van der Waals surface area (Å²) in [5, 5.41) is 3.27. The zero-order valence-corrected chi connectivity index (χ0v) is 11.2. The molecule has 1 aliphatic rings. The molecule has 5 nitrogen and oxygen atoms in total. The van der Waals surface area contributed by atoms with Crippen LogP contribution in [0.3, 0.4) is 0 Å². The molecule has 2 rings (SSSR count). The van der Waals surface area contributed by atoms with Crippen LogP contribution in [-0.4, -0.2) is 43.3 Å². The van der Waals surface area contributed by atoms with Crippen LogP contribution in [0.25, 0.3) is 0 Å². The third-order valence-corrected chi connectivity index (χ3v) is 3.19. The second-order valence-corrected chi connectivity index (χ2v) is 4.75. The minimum absolute atomic E-state index is 0.615. The molecule has 1 fully saturated rings. The first-order valence-corrected chi connectivity index (χ1v) is 6.63. The Balaban J connectivity index is 1.96. The van der Waals surface area contributed by atoms with Gasteiger partial charge in [0.1, 0.15) is 11.6 Å². The number of hydrogen-bond donors (Lipinski definition) is 1. The number of anilines is 2. The number of ether oxygens (including phenoxy) is 1. The maximum Gasteiger partial charge on any atom is 0.149 e. The molecule has 100 valence electrons. The molecular weight excluding hydrogens is 228 g/mol. The van der Waals surface area contributed by atoms with Crippen molar-refractivity contribution in [2.75, 3.05) is 43.6 Å². The molecule has 1 aromatic heterocycles. The summed E-state index contributed by atoms with van der Waals surface area (Å²) in [6, 6.07) is 0. The number of nitrogens with zero attached hydrogens (tertiary/aromatic N) is 3. The van der Waals surface area contributed by atoms with Crippen molar-refractivity contribution in [1.29, 1.82) is 0 Å². The average Bonchev–Trinajstić information content (AvgIpc) is 2.86. The first-order valence-electron chi connectivity index (χ1n) is 6.63. The summed E-state index contributed by atoms with van der Waals surface area (Å²) in [6.07, 6.45) is 5.88. The van der Waals surface area contributed by atoms with E-state index in [2.05, 4.69) is 27.1 Å². The molecule has 0 aromatic carbocycles. The monoisotopic (exact) mass is 250 g/mol. The second-order valence-electron chi connectivity index (χ2n) is 4.75. The van der Waals surface area contributed by atoms with E-state index in [1.165, 1.54) is 6.42 Å². The van der Waals surface area contributed by atoms with Gasteiger partial charge in [0.2, 0.25) is 0 Å². The predicted octanol–water partition coefficient (Wildman–Crippen LogP) is 1.77. The Labute approximate surface area is 109 Å². The Kier molecular flexibility index (Phi) is 4.75. The molecule has 0 spiro atoms. The van der Waals surface area contributed by atoms with Crippen LogP contribution in [-0.2, 0) is 4.74 Å². The van der Waals surface area contributed by atoms with Crippen molar-refractivity contribution in [2.45, 2.75) is 19.8 Å². The molecule has 1 aromatic rings. The fourth-order valence-electron chi connectivity index (χ4n) is 2.26. The van der Waals surface area contributed by atoms with Crippen molar-refractivity contribution in [3.05, 3.63) is 12.4 Å². The lowest BCUT2D eigenvalue weighted by molar-refractivity contribution is 0.161. The molecule has 2 heterocycles. The SMILES string of the molecule is CCCNc1cncc(N2CCC(COC)C2)n1. The van der Waals surface area contributed by atoms with Crippen molar-refractivity contribution in [1.82, 2.24) is 9.97 Å². The van der Waals surface area contributed by atoms with E-state index in [9.17, 15) is 0 Å². The molecule has 0 saturated carbocycles. The van der Waals surface area contributed by atoms with Crippen LogP contribution in [0.5, 0.6) is 0 Å². The van der Waals surface area contributed by atoms with Crippen molar-refractivity contribution in [3.63, 3.8) is 0 Å². The van der Waals surface area contributed by atoms with E-state index in [0.717, 1.165) is 44.3 Å². The zero-order chi connectivity index (χ0) is 12.8. The number of rotatable bonds is 6. The van der Waals surface area contributed by atoms with Crippen LogP contribution in [0.4, 0.5) is 11.6 Å². The van der Waals surface area contributed by atoms with Crippen LogP contribution in [0.2, 0.25) is 0 Å². The highest BCUT2D eigenvalue weighted by Gasteiger charge is 2.23. The quantitative estimate of drug-likeness (QED) is 0.834. The fourth-order valence-corrected chi connectivity index (χ4v) is 2.26. The number of hydrogen-bond acceptors (Lipinski definition) is 5. The number of aromatic nitrogens is 2. The van der Waals surface area contributed by atoms with Gasteiger partial charge in [0.05, 0.1) is 19.0 Å². The largest absolute Gasteiger partial charge is 0.384 e. The highest BCUT2D eigenvalue weighted by Crippen LogP contribution is 2.22. The topological polar surface area (TPSA) is 50.3 Å². The lowest BCUT2D eigenvalue weighted by Crippen LogP contribution is -2.22. The molecule has 18 heavy (non-hydrogen) atoms. The van der Waals surface area contributed by atoms with E-state index in [1.807, 2.05) is 6.20 Å². The van der Waals surface area contributed by atoms with Gasteiger partial charge in [-0.2, -0.15) is 0 Å². The second kappa shape index (κ2) is 6.54. The summed E-state index contributed by atoms with van der Waals surface area (Å²) in [7, 11) is 1.76. The molecule has 1 unspecified atom stereocenters. The summed E-state index contributed by atoms with van der Waals surface area (Å²) >= 11 is 0. The summed E-state index contributed by atoms with van der Waals surface area (Å²) < 4.78 is 5.21. The number of methoxy groups -OCH3 is 1. The summed E-state index contributed by atoms with van der Waals surface area (Å²) in [6.45, 7) is 5.96. The molecular formula is C13H22N4O. The maximum absolute atomic E-state index is 5.21. The van der Waals surface area contributed by atoms with E-state index < -0.39 is 0 Å². The molecule has 1 aliphatic heterocycles. The molecule has 1 atom stereocenters. The van der Waals surface area contributed by atoms with Crippen molar-refractivity contribution in [3.8, 4) is 0 Å². The van der Waals surface area contributed by atoms with E-state index in [0.29, 0.717) is 5.92 Å². The zero-order valence-electron chi connectivity index (χ0n) is 11.2. The smallest absolute Gasteiger partial charge is 0.149 e. The average molecular weight is 250 g/mol. The molecule has 5 heteroatoms. The van der Waals surface area contributed by atoms with E-state index in [1.54, 1.807) is 13.3 Å². The van der Waals surface area contributed by atoms with Gasteiger partial charge in [0.25, 0.3) is 0 Å². The van der Waals surface area contributed by atoms with Gasteiger partial charge in [-0.3, -0.25) is 4.98 Å². The van der Waals surface area contributed by atoms with Crippen molar-refractivity contribution in [2.24, 2.45) is 5.92 Å². The Morgan fingerprint density at radius 1 is 1.50 bits per heavy atom. The first-order chi connectivity index (χ1) is 8.83. The molecule has 0 amide bonds. The molecule has 1 N–H and O–H groups in total. The Hall–Kier alpha value is -1.36. The molecule has 0 bridgehead atoms. The minimum atomic E-state index is 0.615. The van der Waals surface area contributed by atoms with Crippen molar-refractivity contribution >= 4 is 11.6 Å². The Morgan fingerprint density at radius 3 is 3.17 bits per heavy atom. The van der Waals surface area contributed by atoms with E-state index >= 15 is 0 Å². The molecule has 0 aliphatic carbocycles. The lowest BCUT2D eigenvalue weighted by atomic mass is 10.1. The van der Waals surface area contributed by atoms with Crippen molar-refractivity contribution < 1.29 is 4.74 Å². The van der Waals surface area contributed by atoms with E-state index in [-0.39, 0.29) is 0 Å². The highest BCUT2D eigenvalue weighted by atomic mass is 16.5. The summed E-state index contributed by atoms with van der Waals surface area (Å²) in [4.78, 5) is 11.1. The Morgan fingerprint density at radius 2 is 2.39 bits per heavy atom. The standard InChI is InChI=1S/C13H22N4O/c1-3-5-15-12-7-14-8-13(16-12)17-6-4-11(9-17)10-18-2/h7-8,11H,3-6,9-10H2,1-2H3,(H,15,16). The van der Waals surface area contributed by atoms with Gasteiger partial charge in [-0.1, -0.05) is 6.92 Å². The summed E-state index contributed by atoms with van der Waals surface area (Å²) in [5.41, 5.74) is 0. The van der Waals surface area contributed by atoms with Crippen LogP contribution >= 0.6 is 0 Å². The summed E-state index contributed by atoms with van der Waals surface area (Å²) in [5.74, 6) is 2.45. The van der Waals surface area contributed by atoms with Crippen LogP contribution in [0.15, 0.2) is 12.4 Å². The van der Waals surface area contributed by atoms with Gasteiger partial charge in [-0.25, -0.2) is 4.98 Å². The third kappa shape index (κ3) is 3.32. The van der Waals surface area contributed by atoms with E-state index in [4.69, 9.17) is 4.74 Å². The maximum atomic E-state index is 5.21. The normalized spacial score (nSPS) is 19.2. The minimum Gasteiger partial charge on any atom is -0.384 e. The van der Waals surface area contributed by atoms with Gasteiger partial charge in [0, 0.05) is 32.7 Å². The predicted molar refractivity (Wildman–Crippen MR) is 73.0 cm³/mol. The fraction of sp³-hybridized carbons (Fsp3) is 0.692. The number of nitrogens with one attached hydrogen (secondary N) is 1. The van der Waals surface area contributed by atoms with Crippen LogP contribution in [0.1, 0.15) is 19.8 Å². The van der Waals surface area contributed by atoms with Gasteiger partial charge >= 0.3 is 0 Å². The lowest BCUT2D eigenvalue weighted by Gasteiger charge is -2.17. The molecule has 0 radical (unpaired) electrons. The Bertz CT molecular complexity index is 372. The van der Waals surface area contributed by atoms with Gasteiger partial charge < -0.3 is 15.0 Å². The van der Waals surface area contributed by atoms with Crippen LogP contribution < -0.4 is 10.2 Å². The van der Waals surface area contributed by atoms with Gasteiger partial charge in [-0.15, -0.1) is 0 Å². The highest BCUT2D eigenvalue weighted by molar-refractivity contribution is 5.44. The van der Waals surface area contributed by atoms with Crippen LogP contribution in [0, 0.1) is 5.92 Å². The van der Waals surface area contributed by atoms with Gasteiger partial charge in [0.15, 0.2) is 0 Å². The molecule has 1 saturated heterocycles. The van der Waals surface area contributed by atoms with Gasteiger partial charge in [-0.05, 0) is 12.8 Å².